The Hall–Kier alpha value is 0.547. The summed E-state index contributed by atoms with van der Waals surface area (Å²) in [6.45, 7) is -0.368. The van der Waals surface area contributed by atoms with Crippen molar-refractivity contribution in [3.63, 3.8) is 0 Å². The first kappa shape index (κ1) is 9.55. The van der Waals surface area contributed by atoms with Gasteiger partial charge in [0, 0.05) is 0 Å². The molecule has 0 radical (unpaired) electrons. The van der Waals surface area contributed by atoms with Crippen molar-refractivity contribution in [2.45, 2.75) is 6.04 Å². The second kappa shape index (κ2) is 5.34. The van der Waals surface area contributed by atoms with E-state index in [-0.39, 0.29) is 7.91 Å². The van der Waals surface area contributed by atoms with Gasteiger partial charge in [0.15, 0.2) is 0 Å². The van der Waals surface area contributed by atoms with Crippen LogP contribution in [-0.4, -0.2) is 20.4 Å². The summed E-state index contributed by atoms with van der Waals surface area (Å²) in [7, 11) is 0. The minimum atomic E-state index is -1.89. The number of carbonyl (C=O) groups excluding carboxylic acids is 2. The SMILES string of the molecule is N[C@@H](CO)[C](=O)[Ce]=[C]=O. The van der Waals surface area contributed by atoms with E-state index >= 15 is 0 Å². The zero-order valence-corrected chi connectivity index (χ0v) is 7.77. The molecule has 4 nitrogen and oxygen atoms in total. The van der Waals surface area contributed by atoms with Crippen molar-refractivity contribution in [3.8, 4) is 0 Å². The van der Waals surface area contributed by atoms with Gasteiger partial charge in [-0.2, -0.15) is 0 Å². The first-order valence-corrected chi connectivity index (χ1v) is 5.39. The van der Waals surface area contributed by atoms with Crippen molar-refractivity contribution in [2.24, 2.45) is 5.73 Å². The van der Waals surface area contributed by atoms with Crippen molar-refractivity contribution >= 4 is 2.67 Å². The van der Waals surface area contributed by atoms with Crippen LogP contribution in [-0.2, 0) is 9.59 Å². The van der Waals surface area contributed by atoms with Gasteiger partial charge in [-0.1, -0.05) is 0 Å². The number of nitrogens with two attached hydrogens (primary N) is 1. The molecule has 0 bridgehead atoms. The van der Waals surface area contributed by atoms with E-state index in [9.17, 15) is 9.59 Å². The number of aliphatic hydroxyl groups excluding tert-OH is 1. The number of carbonyl (C=O) groups is 1. The molecular formula is C4H6CeNO3. The number of aliphatic hydroxyl groups is 1. The Morgan fingerprint density at radius 2 is 2.44 bits per heavy atom. The van der Waals surface area contributed by atoms with Crippen LogP contribution in [0, 0.1) is 37.0 Å². The third kappa shape index (κ3) is 4.02. The molecule has 5 heteroatoms. The maximum absolute atomic E-state index is 10.5. The van der Waals surface area contributed by atoms with Crippen molar-refractivity contribution in [1.29, 1.82) is 0 Å². The summed E-state index contributed by atoms with van der Waals surface area (Å²) in [5, 5.41) is 8.29. The van der Waals surface area contributed by atoms with Gasteiger partial charge in [0.05, 0.1) is 0 Å². The molecule has 0 heterocycles. The minimum absolute atomic E-state index is 0.285. The Morgan fingerprint density at radius 3 is 2.78 bits per heavy atom. The standard InChI is InChI=1S/C3H6NO2.CO.Ce/c4-3(1-5)2-6;1-2;/h3,5H,1,4H2;;/t3-;;/m0../s1. The number of rotatable bonds is 3. The number of hydrogen-bond donors (Lipinski definition) is 2. The van der Waals surface area contributed by atoms with Crippen LogP contribution in [0.2, 0.25) is 0 Å². The van der Waals surface area contributed by atoms with Gasteiger partial charge in [0.1, 0.15) is 0 Å². The summed E-state index contributed by atoms with van der Waals surface area (Å²) >= 11 is -1.89. The summed E-state index contributed by atoms with van der Waals surface area (Å²) in [5.74, 6) is 0. The molecular weight excluding hydrogens is 250 g/mol. The summed E-state index contributed by atoms with van der Waals surface area (Å²) in [6.07, 6.45) is 0. The van der Waals surface area contributed by atoms with E-state index in [4.69, 9.17) is 10.8 Å². The Kier molecular flexibility index (Phi) is 5.67. The first-order valence-electron chi connectivity index (χ1n) is 2.25. The zero-order valence-electron chi connectivity index (χ0n) is 4.63. The van der Waals surface area contributed by atoms with Crippen LogP contribution in [0.1, 0.15) is 0 Å². The van der Waals surface area contributed by atoms with Gasteiger partial charge < -0.3 is 0 Å². The molecule has 3 N–H and O–H groups in total. The molecule has 0 rings (SSSR count). The van der Waals surface area contributed by atoms with E-state index in [0.717, 1.165) is 0 Å². The second-order valence-corrected chi connectivity index (χ2v) is 4.35. The Labute approximate surface area is 72.0 Å². The fraction of sp³-hybridized carbons (Fsp3) is 0.500. The molecule has 0 saturated carbocycles. The second-order valence-electron chi connectivity index (χ2n) is 1.38. The van der Waals surface area contributed by atoms with Crippen LogP contribution in [0.25, 0.3) is 0 Å². The van der Waals surface area contributed by atoms with Gasteiger partial charge in [-0.05, 0) is 0 Å². The quantitative estimate of drug-likeness (QED) is 0.611. The van der Waals surface area contributed by atoms with E-state index in [0.29, 0.717) is 0 Å². The maximum atomic E-state index is 10.5. The van der Waals surface area contributed by atoms with Crippen molar-refractivity contribution in [2.75, 3.05) is 6.61 Å². The Morgan fingerprint density at radius 1 is 1.89 bits per heavy atom. The van der Waals surface area contributed by atoms with Gasteiger partial charge in [0.25, 0.3) is 0 Å². The summed E-state index contributed by atoms with van der Waals surface area (Å²) in [6, 6.07) is -0.838. The molecule has 1 atom stereocenters. The third-order valence-corrected chi connectivity index (χ3v) is 2.97. The molecule has 49 valence electrons. The predicted octanol–water partition coefficient (Wildman–Crippen LogP) is -2.02. The average Bonchev–Trinajstić information content (AvgIpc) is 1.87. The van der Waals surface area contributed by atoms with Gasteiger partial charge in [-0.15, -0.1) is 0 Å². The molecule has 0 saturated heterocycles. The van der Waals surface area contributed by atoms with Crippen molar-refractivity contribution < 1.29 is 51.7 Å². The van der Waals surface area contributed by atoms with E-state index < -0.39 is 43.1 Å². The summed E-state index contributed by atoms with van der Waals surface area (Å²) in [4.78, 5) is 20.2. The average molecular weight is 256 g/mol. The van der Waals surface area contributed by atoms with Crippen LogP contribution >= 0.6 is 0 Å². The molecule has 9 heavy (non-hydrogen) atoms. The van der Waals surface area contributed by atoms with Crippen LogP contribution in [0.5, 0.6) is 0 Å². The fourth-order valence-corrected chi connectivity index (χ4v) is 1.41. The van der Waals surface area contributed by atoms with Gasteiger partial charge in [0.2, 0.25) is 0 Å². The summed E-state index contributed by atoms with van der Waals surface area (Å²) < 4.78 is 1.30. The van der Waals surface area contributed by atoms with Gasteiger partial charge >= 0.3 is 72.8 Å². The first-order chi connectivity index (χ1) is 4.22. The molecule has 0 unspecified atom stereocenters. The molecule has 0 aromatic carbocycles. The van der Waals surface area contributed by atoms with Crippen LogP contribution in [0.3, 0.4) is 0 Å². The van der Waals surface area contributed by atoms with E-state index in [1.165, 1.54) is 0 Å². The molecule has 0 aliphatic heterocycles. The van der Waals surface area contributed by atoms with E-state index in [1.54, 1.807) is 1.37 Å². The van der Waals surface area contributed by atoms with E-state index in [1.807, 2.05) is 0 Å². The van der Waals surface area contributed by atoms with E-state index in [2.05, 4.69) is 0 Å². The van der Waals surface area contributed by atoms with Crippen LogP contribution in [0.4, 0.5) is 0 Å². The Balaban J connectivity index is 3.87. The molecule has 0 aromatic heterocycles. The van der Waals surface area contributed by atoms with Crippen LogP contribution in [0.15, 0.2) is 0 Å². The normalized spacial score (nSPS) is 11.3. The topological polar surface area (TPSA) is 80.4 Å². The molecule has 0 fully saturated rings. The number of hydrogen-bond acceptors (Lipinski definition) is 4. The van der Waals surface area contributed by atoms with Crippen molar-refractivity contribution in [3.05, 3.63) is 0 Å². The molecule has 0 aromatic rings. The molecule has 0 amide bonds. The summed E-state index contributed by atoms with van der Waals surface area (Å²) in [5.41, 5.74) is 5.07. The van der Waals surface area contributed by atoms with Crippen molar-refractivity contribution in [1.82, 2.24) is 0 Å². The predicted molar refractivity (Wildman–Crippen MR) is 25.8 cm³/mol. The van der Waals surface area contributed by atoms with Crippen LogP contribution < -0.4 is 5.73 Å². The fourth-order valence-electron chi connectivity index (χ4n) is 0.226. The molecule has 0 aliphatic carbocycles. The van der Waals surface area contributed by atoms with Gasteiger partial charge in [-0.25, -0.2) is 0 Å². The van der Waals surface area contributed by atoms with Gasteiger partial charge in [-0.3, -0.25) is 0 Å². The molecule has 0 spiro atoms. The monoisotopic (exact) mass is 256 g/mol. The molecule has 0 aliphatic rings. The third-order valence-electron chi connectivity index (χ3n) is 0.708. The Bertz CT molecular complexity index is 152. The zero-order chi connectivity index (χ0) is 7.28.